The molecule has 2 N–H and O–H groups in total. The fraction of sp³-hybridized carbons (Fsp3) is 0.150. The number of carbonyl (C=O) groups is 3. The number of hydrogen-bond donors (Lipinski definition) is 2. The number of carbonyl (C=O) groups excluding carboxylic acids is 3. The SMILES string of the molecule is CN(C)c1ccc(C=C2NC(=O)N(CC(=O)Nc3ccccc3F)C2=O)cc1. The summed E-state index contributed by atoms with van der Waals surface area (Å²) in [5.74, 6) is -1.90. The average Bonchev–Trinajstić information content (AvgIpc) is 2.91. The molecule has 7 nitrogen and oxygen atoms in total. The van der Waals surface area contributed by atoms with Crippen LogP contribution in [0.4, 0.5) is 20.6 Å². The number of benzene rings is 2. The van der Waals surface area contributed by atoms with E-state index in [2.05, 4.69) is 10.6 Å². The molecule has 1 heterocycles. The summed E-state index contributed by atoms with van der Waals surface area (Å²) in [6, 6.07) is 12.3. The molecule has 144 valence electrons. The Kier molecular flexibility index (Phi) is 5.39. The van der Waals surface area contributed by atoms with Crippen LogP contribution in [-0.4, -0.2) is 43.4 Å². The molecular formula is C20H19FN4O3. The smallest absolute Gasteiger partial charge is 0.329 e. The minimum Gasteiger partial charge on any atom is -0.378 e. The number of nitrogens with one attached hydrogen (secondary N) is 2. The van der Waals surface area contributed by atoms with E-state index in [4.69, 9.17) is 0 Å². The van der Waals surface area contributed by atoms with Gasteiger partial charge in [-0.1, -0.05) is 24.3 Å². The van der Waals surface area contributed by atoms with Gasteiger partial charge in [0, 0.05) is 19.8 Å². The lowest BCUT2D eigenvalue weighted by Crippen LogP contribution is -2.38. The van der Waals surface area contributed by atoms with Crippen LogP contribution < -0.4 is 15.5 Å². The molecule has 0 unspecified atom stereocenters. The standard InChI is InChI=1S/C20H19FN4O3/c1-24(2)14-9-7-13(8-10-14)11-17-19(27)25(20(28)23-17)12-18(26)22-16-6-4-3-5-15(16)21/h3-11H,12H2,1-2H3,(H,22,26)(H,23,28). The molecule has 0 aromatic heterocycles. The van der Waals surface area contributed by atoms with Crippen molar-refractivity contribution in [1.82, 2.24) is 10.2 Å². The predicted molar refractivity (Wildman–Crippen MR) is 104 cm³/mol. The number of nitrogens with zero attached hydrogens (tertiary/aromatic N) is 2. The highest BCUT2D eigenvalue weighted by Crippen LogP contribution is 2.18. The Hall–Kier alpha value is -3.68. The molecule has 1 fully saturated rings. The van der Waals surface area contributed by atoms with Gasteiger partial charge >= 0.3 is 6.03 Å². The maximum atomic E-state index is 13.6. The Balaban J connectivity index is 1.69. The lowest BCUT2D eigenvalue weighted by Gasteiger charge is -2.12. The number of halogens is 1. The second-order valence-electron chi connectivity index (χ2n) is 6.39. The molecule has 0 aliphatic carbocycles. The first-order valence-corrected chi connectivity index (χ1v) is 8.51. The number of para-hydroxylation sites is 1. The highest BCUT2D eigenvalue weighted by atomic mass is 19.1. The molecule has 28 heavy (non-hydrogen) atoms. The third-order valence-electron chi connectivity index (χ3n) is 4.13. The van der Waals surface area contributed by atoms with Crippen molar-refractivity contribution in [2.45, 2.75) is 0 Å². The van der Waals surface area contributed by atoms with Gasteiger partial charge < -0.3 is 15.5 Å². The van der Waals surface area contributed by atoms with Crippen molar-refractivity contribution >= 4 is 35.3 Å². The van der Waals surface area contributed by atoms with Crippen LogP contribution in [0.2, 0.25) is 0 Å². The van der Waals surface area contributed by atoms with Gasteiger partial charge in [0.05, 0.1) is 5.69 Å². The van der Waals surface area contributed by atoms with E-state index < -0.39 is 30.2 Å². The molecule has 3 rings (SSSR count). The summed E-state index contributed by atoms with van der Waals surface area (Å²) >= 11 is 0. The molecule has 0 atom stereocenters. The quantitative estimate of drug-likeness (QED) is 0.615. The summed E-state index contributed by atoms with van der Waals surface area (Å²) in [4.78, 5) is 39.4. The van der Waals surface area contributed by atoms with Gasteiger partial charge in [-0.25, -0.2) is 14.1 Å². The summed E-state index contributed by atoms with van der Waals surface area (Å²) < 4.78 is 13.6. The third kappa shape index (κ3) is 4.17. The molecule has 0 bridgehead atoms. The molecule has 0 saturated carbocycles. The van der Waals surface area contributed by atoms with Gasteiger partial charge in [-0.05, 0) is 35.9 Å². The zero-order valence-corrected chi connectivity index (χ0v) is 15.4. The van der Waals surface area contributed by atoms with Crippen LogP contribution >= 0.6 is 0 Å². The van der Waals surface area contributed by atoms with Gasteiger partial charge in [-0.3, -0.25) is 9.59 Å². The van der Waals surface area contributed by atoms with Crippen molar-refractivity contribution in [2.24, 2.45) is 0 Å². The van der Waals surface area contributed by atoms with E-state index in [0.717, 1.165) is 16.2 Å². The van der Waals surface area contributed by atoms with Gasteiger partial charge in [0.25, 0.3) is 5.91 Å². The molecule has 0 spiro atoms. The van der Waals surface area contributed by atoms with E-state index in [1.165, 1.54) is 24.3 Å². The first-order valence-electron chi connectivity index (χ1n) is 8.51. The third-order valence-corrected chi connectivity index (χ3v) is 4.13. The summed E-state index contributed by atoms with van der Waals surface area (Å²) in [7, 11) is 3.83. The monoisotopic (exact) mass is 382 g/mol. The highest BCUT2D eigenvalue weighted by molar-refractivity contribution is 6.15. The number of hydrogen-bond acceptors (Lipinski definition) is 4. The molecule has 2 aromatic rings. The van der Waals surface area contributed by atoms with Crippen LogP contribution in [0.15, 0.2) is 54.2 Å². The first-order chi connectivity index (χ1) is 13.3. The van der Waals surface area contributed by atoms with Crippen molar-refractivity contribution < 1.29 is 18.8 Å². The molecule has 1 aliphatic rings. The van der Waals surface area contributed by atoms with E-state index in [1.54, 1.807) is 6.07 Å². The summed E-state index contributed by atoms with van der Waals surface area (Å²) in [5, 5.41) is 4.80. The Morgan fingerprint density at radius 2 is 1.82 bits per heavy atom. The Labute approximate surface area is 161 Å². The molecule has 1 aliphatic heterocycles. The van der Waals surface area contributed by atoms with Crippen LogP contribution in [0, 0.1) is 5.82 Å². The average molecular weight is 382 g/mol. The number of imide groups is 1. The Morgan fingerprint density at radius 3 is 2.46 bits per heavy atom. The molecule has 0 radical (unpaired) electrons. The normalized spacial score (nSPS) is 15.0. The number of rotatable bonds is 5. The Bertz CT molecular complexity index is 954. The summed E-state index contributed by atoms with van der Waals surface area (Å²) in [5.41, 5.74) is 1.78. The van der Waals surface area contributed by atoms with E-state index >= 15 is 0 Å². The van der Waals surface area contributed by atoms with Gasteiger partial charge in [-0.2, -0.15) is 0 Å². The molecule has 1 saturated heterocycles. The predicted octanol–water partition coefficient (Wildman–Crippen LogP) is 2.42. The van der Waals surface area contributed by atoms with Crippen LogP contribution in [-0.2, 0) is 9.59 Å². The van der Waals surface area contributed by atoms with Gasteiger partial charge in [0.15, 0.2) is 0 Å². The van der Waals surface area contributed by atoms with Crippen molar-refractivity contribution in [3.05, 3.63) is 65.6 Å². The van der Waals surface area contributed by atoms with E-state index in [0.29, 0.717) is 0 Å². The molecule has 8 heteroatoms. The maximum Gasteiger partial charge on any atom is 0.329 e. The fourth-order valence-corrected chi connectivity index (χ4v) is 2.65. The minimum absolute atomic E-state index is 0.0173. The lowest BCUT2D eigenvalue weighted by atomic mass is 10.1. The van der Waals surface area contributed by atoms with Crippen molar-refractivity contribution in [3.63, 3.8) is 0 Å². The Morgan fingerprint density at radius 1 is 1.14 bits per heavy atom. The van der Waals surface area contributed by atoms with E-state index in [9.17, 15) is 18.8 Å². The topological polar surface area (TPSA) is 81.8 Å². The largest absolute Gasteiger partial charge is 0.378 e. The first kappa shape index (κ1) is 19.1. The second kappa shape index (κ2) is 7.91. The number of urea groups is 1. The van der Waals surface area contributed by atoms with Gasteiger partial charge in [0.1, 0.15) is 18.1 Å². The van der Waals surface area contributed by atoms with Crippen LogP contribution in [0.3, 0.4) is 0 Å². The van der Waals surface area contributed by atoms with Crippen LogP contribution in [0.5, 0.6) is 0 Å². The maximum absolute atomic E-state index is 13.6. The summed E-state index contributed by atoms with van der Waals surface area (Å²) in [6.45, 7) is -0.518. The second-order valence-corrected chi connectivity index (χ2v) is 6.39. The van der Waals surface area contributed by atoms with Gasteiger partial charge in [-0.15, -0.1) is 0 Å². The number of anilines is 2. The van der Waals surface area contributed by atoms with E-state index in [-0.39, 0.29) is 11.4 Å². The highest BCUT2D eigenvalue weighted by Gasteiger charge is 2.35. The number of amides is 4. The van der Waals surface area contributed by atoms with Crippen molar-refractivity contribution in [1.29, 1.82) is 0 Å². The fourth-order valence-electron chi connectivity index (χ4n) is 2.65. The van der Waals surface area contributed by atoms with Crippen LogP contribution in [0.1, 0.15) is 5.56 Å². The molecular weight excluding hydrogens is 363 g/mol. The van der Waals surface area contributed by atoms with Crippen LogP contribution in [0.25, 0.3) is 6.08 Å². The summed E-state index contributed by atoms with van der Waals surface area (Å²) in [6.07, 6.45) is 1.54. The molecule has 2 aromatic carbocycles. The zero-order valence-electron chi connectivity index (χ0n) is 15.4. The van der Waals surface area contributed by atoms with E-state index in [1.807, 2.05) is 43.3 Å². The lowest BCUT2D eigenvalue weighted by molar-refractivity contribution is -0.127. The molecule has 4 amide bonds. The zero-order chi connectivity index (χ0) is 20.3. The van der Waals surface area contributed by atoms with Crippen molar-refractivity contribution in [3.8, 4) is 0 Å². The van der Waals surface area contributed by atoms with Gasteiger partial charge in [0.2, 0.25) is 5.91 Å². The van der Waals surface area contributed by atoms with Crippen molar-refractivity contribution in [2.75, 3.05) is 30.9 Å². The minimum atomic E-state index is -0.704.